The molecular formula is C22H33N5O. The largest absolute Gasteiger partial charge is 0.443 e. The molecule has 0 bridgehead atoms. The van der Waals surface area contributed by atoms with Crippen LogP contribution in [0.15, 0.2) is 45.9 Å². The number of hydrogen-bond donors (Lipinski definition) is 2. The molecule has 1 saturated heterocycles. The number of benzene rings is 1. The van der Waals surface area contributed by atoms with Gasteiger partial charge in [0.05, 0.1) is 12.7 Å². The number of nitrogens with zero attached hydrogens (tertiary/aromatic N) is 3. The topological polar surface area (TPSA) is 65.7 Å². The normalized spacial score (nSPS) is 16.9. The van der Waals surface area contributed by atoms with E-state index in [0.717, 1.165) is 44.2 Å². The highest BCUT2D eigenvalue weighted by Crippen LogP contribution is 2.22. The lowest BCUT2D eigenvalue weighted by Gasteiger charge is -2.33. The third kappa shape index (κ3) is 5.83. The number of oxazole rings is 1. The molecule has 3 rings (SSSR count). The van der Waals surface area contributed by atoms with Gasteiger partial charge in [-0.15, -0.1) is 0 Å². The third-order valence-corrected chi connectivity index (χ3v) is 5.10. The molecule has 2 heterocycles. The number of aromatic nitrogens is 1. The van der Waals surface area contributed by atoms with Gasteiger partial charge in [0.2, 0.25) is 5.89 Å². The van der Waals surface area contributed by atoms with Gasteiger partial charge in [0, 0.05) is 38.1 Å². The molecule has 1 fully saturated rings. The van der Waals surface area contributed by atoms with E-state index in [1.54, 1.807) is 7.05 Å². The highest BCUT2D eigenvalue weighted by molar-refractivity contribution is 5.79. The van der Waals surface area contributed by atoms with Crippen molar-refractivity contribution in [2.75, 3.05) is 20.1 Å². The summed E-state index contributed by atoms with van der Waals surface area (Å²) in [5, 5.41) is 6.86. The Bertz CT molecular complexity index is 755. The van der Waals surface area contributed by atoms with Gasteiger partial charge >= 0.3 is 0 Å². The first-order chi connectivity index (χ1) is 13.4. The fourth-order valence-electron chi connectivity index (χ4n) is 3.36. The van der Waals surface area contributed by atoms with Crippen molar-refractivity contribution in [3.8, 4) is 0 Å². The van der Waals surface area contributed by atoms with Crippen LogP contribution in [0.5, 0.6) is 0 Å². The number of aliphatic imine (C=N–C) groups is 1. The van der Waals surface area contributed by atoms with E-state index in [4.69, 9.17) is 4.42 Å². The smallest absolute Gasteiger partial charge is 0.213 e. The molecule has 0 unspecified atom stereocenters. The second-order valence-electron chi connectivity index (χ2n) is 8.47. The molecular weight excluding hydrogens is 350 g/mol. The summed E-state index contributed by atoms with van der Waals surface area (Å²) in [5.74, 6) is 2.39. The summed E-state index contributed by atoms with van der Waals surface area (Å²) < 4.78 is 5.84. The van der Waals surface area contributed by atoms with Gasteiger partial charge < -0.3 is 15.1 Å². The van der Waals surface area contributed by atoms with E-state index >= 15 is 0 Å². The van der Waals surface area contributed by atoms with Crippen LogP contribution in [0.3, 0.4) is 0 Å². The van der Waals surface area contributed by atoms with E-state index in [9.17, 15) is 0 Å². The maximum Gasteiger partial charge on any atom is 0.213 e. The number of rotatable bonds is 5. The Kier molecular flexibility index (Phi) is 6.73. The number of piperidine rings is 1. The zero-order valence-electron chi connectivity index (χ0n) is 17.5. The maximum absolute atomic E-state index is 5.84. The molecule has 2 N–H and O–H groups in total. The standard InChI is InChI=1S/C22H33N5O/c1-22(2,3)19-14-24-20(28-19)15-25-21(23-4)26-18-10-12-27(13-11-18)16-17-8-6-5-7-9-17/h5-9,14,18H,10-13,15-16H2,1-4H3,(H2,23,25,26). The lowest BCUT2D eigenvalue weighted by atomic mass is 9.94. The molecule has 6 nitrogen and oxygen atoms in total. The summed E-state index contributed by atoms with van der Waals surface area (Å²) >= 11 is 0. The predicted octanol–water partition coefficient (Wildman–Crippen LogP) is 3.30. The molecule has 0 saturated carbocycles. The highest BCUT2D eigenvalue weighted by atomic mass is 16.4. The minimum atomic E-state index is -0.0289. The number of nitrogens with one attached hydrogen (secondary N) is 2. The van der Waals surface area contributed by atoms with Crippen LogP contribution in [0.25, 0.3) is 0 Å². The second-order valence-corrected chi connectivity index (χ2v) is 8.47. The Morgan fingerprint density at radius 1 is 1.21 bits per heavy atom. The Labute approximate surface area is 168 Å². The SMILES string of the molecule is CN=C(NCc1ncc(C(C)(C)C)o1)NC1CCN(Cc2ccccc2)CC1. The Morgan fingerprint density at radius 2 is 1.93 bits per heavy atom. The van der Waals surface area contributed by atoms with Crippen LogP contribution in [0.1, 0.15) is 50.8 Å². The van der Waals surface area contributed by atoms with Crippen LogP contribution in [0.2, 0.25) is 0 Å². The number of guanidine groups is 1. The molecule has 1 aliphatic rings. The minimum absolute atomic E-state index is 0.0289. The maximum atomic E-state index is 5.84. The van der Waals surface area contributed by atoms with Gasteiger partial charge in [-0.1, -0.05) is 51.1 Å². The summed E-state index contributed by atoms with van der Waals surface area (Å²) in [7, 11) is 1.80. The summed E-state index contributed by atoms with van der Waals surface area (Å²) in [4.78, 5) is 11.2. The Balaban J connectivity index is 1.42. The van der Waals surface area contributed by atoms with E-state index in [0.29, 0.717) is 18.5 Å². The van der Waals surface area contributed by atoms with E-state index in [2.05, 4.69) is 76.6 Å². The lowest BCUT2D eigenvalue weighted by molar-refractivity contribution is 0.198. The molecule has 1 aromatic heterocycles. The van der Waals surface area contributed by atoms with Gasteiger partial charge in [-0.05, 0) is 18.4 Å². The molecule has 0 atom stereocenters. The fraction of sp³-hybridized carbons (Fsp3) is 0.545. The van der Waals surface area contributed by atoms with Crippen LogP contribution in [0.4, 0.5) is 0 Å². The average molecular weight is 384 g/mol. The summed E-state index contributed by atoms with van der Waals surface area (Å²) in [6.07, 6.45) is 4.04. The molecule has 0 aliphatic carbocycles. The van der Waals surface area contributed by atoms with Crippen molar-refractivity contribution >= 4 is 5.96 Å². The highest BCUT2D eigenvalue weighted by Gasteiger charge is 2.21. The quantitative estimate of drug-likeness (QED) is 0.613. The predicted molar refractivity (Wildman–Crippen MR) is 113 cm³/mol. The van der Waals surface area contributed by atoms with Gasteiger partial charge in [-0.25, -0.2) is 4.98 Å². The zero-order valence-corrected chi connectivity index (χ0v) is 17.5. The average Bonchev–Trinajstić information content (AvgIpc) is 3.17. The van der Waals surface area contributed by atoms with Crippen LogP contribution < -0.4 is 10.6 Å². The molecule has 0 amide bonds. The molecule has 0 radical (unpaired) electrons. The summed E-state index contributed by atoms with van der Waals surface area (Å²) in [5.41, 5.74) is 1.35. The van der Waals surface area contributed by atoms with Gasteiger partial charge in [-0.3, -0.25) is 9.89 Å². The van der Waals surface area contributed by atoms with Crippen LogP contribution >= 0.6 is 0 Å². The van der Waals surface area contributed by atoms with Crippen LogP contribution in [-0.4, -0.2) is 42.0 Å². The second kappa shape index (κ2) is 9.24. The lowest BCUT2D eigenvalue weighted by Crippen LogP contribution is -2.48. The van der Waals surface area contributed by atoms with Crippen molar-refractivity contribution in [2.24, 2.45) is 4.99 Å². The van der Waals surface area contributed by atoms with E-state index in [1.165, 1.54) is 5.56 Å². The fourth-order valence-corrected chi connectivity index (χ4v) is 3.36. The Morgan fingerprint density at radius 3 is 2.54 bits per heavy atom. The molecule has 1 aromatic carbocycles. The van der Waals surface area contributed by atoms with E-state index < -0.39 is 0 Å². The number of hydrogen-bond acceptors (Lipinski definition) is 4. The van der Waals surface area contributed by atoms with Crippen molar-refractivity contribution < 1.29 is 4.42 Å². The van der Waals surface area contributed by atoms with Gasteiger partial charge in [-0.2, -0.15) is 0 Å². The molecule has 6 heteroatoms. The van der Waals surface area contributed by atoms with Gasteiger partial charge in [0.25, 0.3) is 0 Å². The van der Waals surface area contributed by atoms with Crippen LogP contribution in [-0.2, 0) is 18.5 Å². The summed E-state index contributed by atoms with van der Waals surface area (Å²) in [6, 6.07) is 11.1. The van der Waals surface area contributed by atoms with Gasteiger partial charge in [0.15, 0.2) is 5.96 Å². The van der Waals surface area contributed by atoms with Crippen molar-refractivity contribution in [3.05, 3.63) is 53.7 Å². The first-order valence-corrected chi connectivity index (χ1v) is 10.1. The molecule has 152 valence electrons. The zero-order chi connectivity index (χ0) is 20.0. The van der Waals surface area contributed by atoms with Gasteiger partial charge in [0.1, 0.15) is 5.76 Å². The summed E-state index contributed by atoms with van der Waals surface area (Å²) in [6.45, 7) is 10.1. The van der Waals surface area contributed by atoms with Crippen molar-refractivity contribution in [3.63, 3.8) is 0 Å². The van der Waals surface area contributed by atoms with E-state index in [1.807, 2.05) is 6.20 Å². The van der Waals surface area contributed by atoms with Crippen molar-refractivity contribution in [1.82, 2.24) is 20.5 Å². The third-order valence-electron chi connectivity index (χ3n) is 5.10. The molecule has 1 aliphatic heterocycles. The van der Waals surface area contributed by atoms with Crippen molar-refractivity contribution in [1.29, 1.82) is 0 Å². The first kappa shape index (κ1) is 20.4. The molecule has 28 heavy (non-hydrogen) atoms. The molecule has 2 aromatic rings. The first-order valence-electron chi connectivity index (χ1n) is 10.1. The minimum Gasteiger partial charge on any atom is -0.443 e. The monoisotopic (exact) mass is 383 g/mol. The van der Waals surface area contributed by atoms with E-state index in [-0.39, 0.29) is 5.41 Å². The number of likely N-dealkylation sites (tertiary alicyclic amines) is 1. The molecule has 0 spiro atoms. The van der Waals surface area contributed by atoms with Crippen LogP contribution in [0, 0.1) is 0 Å². The Hall–Kier alpha value is -2.34. The van der Waals surface area contributed by atoms with Crippen molar-refractivity contribution in [2.45, 2.75) is 58.2 Å².